The van der Waals surface area contributed by atoms with Gasteiger partial charge in [-0.2, -0.15) is 15.2 Å². The molecule has 1 aliphatic heterocycles. The predicted octanol–water partition coefficient (Wildman–Crippen LogP) is 2.48. The molecule has 154 valence electrons. The van der Waals surface area contributed by atoms with Crippen LogP contribution in [0.2, 0.25) is 0 Å². The van der Waals surface area contributed by atoms with Gasteiger partial charge in [0.1, 0.15) is 0 Å². The molecule has 1 unspecified atom stereocenters. The van der Waals surface area contributed by atoms with Crippen LogP contribution < -0.4 is 10.2 Å². The zero-order chi connectivity index (χ0) is 20.5. The first-order valence-electron chi connectivity index (χ1n) is 9.68. The van der Waals surface area contributed by atoms with Gasteiger partial charge in [0.2, 0.25) is 12.3 Å². The Morgan fingerprint density at radius 2 is 2.17 bits per heavy atom. The number of aromatic nitrogens is 6. The molecule has 1 atom stereocenters. The van der Waals surface area contributed by atoms with Crippen molar-refractivity contribution in [3.8, 4) is 0 Å². The lowest BCUT2D eigenvalue weighted by Gasteiger charge is -2.31. The number of morpholine rings is 1. The molecule has 0 saturated carbocycles. The second kappa shape index (κ2) is 7.71. The Balaban J connectivity index is 1.38. The van der Waals surface area contributed by atoms with Crippen LogP contribution in [0.4, 0.5) is 21.7 Å². The molecule has 30 heavy (non-hydrogen) atoms. The smallest absolute Gasteiger partial charge is 0.229 e. The molecule has 1 aromatic carbocycles. The van der Waals surface area contributed by atoms with E-state index in [-0.39, 0.29) is 6.54 Å². The zero-order valence-corrected chi connectivity index (χ0v) is 16.4. The van der Waals surface area contributed by atoms with E-state index in [0.29, 0.717) is 25.6 Å². The van der Waals surface area contributed by atoms with Crippen molar-refractivity contribution in [3.63, 3.8) is 0 Å². The second-order valence-corrected chi connectivity index (χ2v) is 7.20. The highest BCUT2D eigenvalue weighted by atomic mass is 19.1. The van der Waals surface area contributed by atoms with Gasteiger partial charge in [0.25, 0.3) is 0 Å². The minimum atomic E-state index is -1.25. The first kappa shape index (κ1) is 18.5. The highest BCUT2D eigenvalue weighted by Crippen LogP contribution is 2.22. The van der Waals surface area contributed by atoms with E-state index in [4.69, 9.17) is 4.74 Å². The molecule has 0 bridgehead atoms. The Morgan fingerprint density at radius 1 is 1.23 bits per heavy atom. The summed E-state index contributed by atoms with van der Waals surface area (Å²) in [5.41, 5.74) is 3.58. The average molecular weight is 408 g/mol. The Labute approximate surface area is 172 Å². The summed E-state index contributed by atoms with van der Waals surface area (Å²) < 4.78 is 22.1. The summed E-state index contributed by atoms with van der Waals surface area (Å²) in [7, 11) is 1.85. The van der Waals surface area contributed by atoms with Crippen LogP contribution in [0.5, 0.6) is 0 Å². The van der Waals surface area contributed by atoms with Gasteiger partial charge in [-0.15, -0.1) is 0 Å². The van der Waals surface area contributed by atoms with Gasteiger partial charge in [0, 0.05) is 31.7 Å². The van der Waals surface area contributed by atoms with Crippen LogP contribution in [0.15, 0.2) is 49.1 Å². The van der Waals surface area contributed by atoms with Crippen LogP contribution in [-0.4, -0.2) is 55.6 Å². The highest BCUT2D eigenvalue weighted by Gasteiger charge is 2.20. The fourth-order valence-electron chi connectivity index (χ4n) is 3.52. The minimum Gasteiger partial charge on any atom is -0.364 e. The number of aryl methyl sites for hydroxylation is 1. The van der Waals surface area contributed by atoms with Crippen molar-refractivity contribution in [3.05, 3.63) is 54.6 Å². The molecular weight excluding hydrogens is 387 g/mol. The number of ether oxygens (including phenoxy) is 1. The molecule has 9 nitrogen and oxygen atoms in total. The fraction of sp³-hybridized carbons (Fsp3) is 0.300. The lowest BCUT2D eigenvalue weighted by Crippen LogP contribution is -2.40. The van der Waals surface area contributed by atoms with E-state index in [0.717, 1.165) is 28.0 Å². The number of halogens is 1. The van der Waals surface area contributed by atoms with Crippen LogP contribution in [-0.2, 0) is 18.3 Å². The number of hydrogen-bond donors (Lipinski definition) is 1. The molecule has 4 aromatic rings. The van der Waals surface area contributed by atoms with E-state index in [1.165, 1.54) is 0 Å². The predicted molar refractivity (Wildman–Crippen MR) is 110 cm³/mol. The van der Waals surface area contributed by atoms with E-state index >= 15 is 0 Å². The lowest BCUT2D eigenvalue weighted by molar-refractivity contribution is -0.0465. The third-order valence-electron chi connectivity index (χ3n) is 4.97. The molecule has 4 heterocycles. The topological polar surface area (TPSA) is 85.9 Å². The molecule has 5 rings (SSSR count). The molecule has 10 heteroatoms. The van der Waals surface area contributed by atoms with Crippen LogP contribution in [0.25, 0.3) is 11.0 Å². The maximum absolute atomic E-state index is 13.6. The number of nitrogens with one attached hydrogen (secondary N) is 1. The summed E-state index contributed by atoms with van der Waals surface area (Å²) in [5.74, 6) is 0.480. The van der Waals surface area contributed by atoms with Crippen molar-refractivity contribution in [1.82, 2.24) is 29.5 Å². The summed E-state index contributed by atoms with van der Waals surface area (Å²) in [5, 5.41) is 12.6. The second-order valence-electron chi connectivity index (χ2n) is 7.20. The number of hydrogen-bond acceptors (Lipinski definition) is 7. The summed E-state index contributed by atoms with van der Waals surface area (Å²) >= 11 is 0. The molecule has 0 radical (unpaired) electrons. The Hall–Kier alpha value is -3.53. The fourth-order valence-corrected chi connectivity index (χ4v) is 3.52. The Morgan fingerprint density at radius 3 is 3.00 bits per heavy atom. The Bertz CT molecular complexity index is 1170. The third kappa shape index (κ3) is 3.81. The first-order valence-corrected chi connectivity index (χ1v) is 9.68. The quantitative estimate of drug-likeness (QED) is 0.543. The average Bonchev–Trinajstić information content (AvgIpc) is 3.34. The van der Waals surface area contributed by atoms with E-state index in [1.54, 1.807) is 23.3 Å². The molecule has 0 aliphatic carbocycles. The number of anilines is 3. The van der Waals surface area contributed by atoms with Crippen LogP contribution in [0.1, 0.15) is 5.56 Å². The van der Waals surface area contributed by atoms with Crippen LogP contribution in [0, 0.1) is 0 Å². The zero-order valence-electron chi connectivity index (χ0n) is 16.4. The Kier molecular flexibility index (Phi) is 4.75. The summed E-state index contributed by atoms with van der Waals surface area (Å²) in [6, 6.07) is 8.05. The van der Waals surface area contributed by atoms with Gasteiger partial charge in [-0.3, -0.25) is 4.68 Å². The molecule has 0 amide bonds. The number of alkyl halides is 1. The van der Waals surface area contributed by atoms with Gasteiger partial charge in [-0.05, 0) is 17.7 Å². The van der Waals surface area contributed by atoms with Crippen molar-refractivity contribution in [1.29, 1.82) is 0 Å². The third-order valence-corrected chi connectivity index (χ3v) is 4.97. The normalized spacial score (nSPS) is 16.9. The van der Waals surface area contributed by atoms with Crippen molar-refractivity contribution >= 4 is 28.4 Å². The minimum absolute atomic E-state index is 0.241. The summed E-state index contributed by atoms with van der Waals surface area (Å²) in [4.78, 5) is 11.0. The van der Waals surface area contributed by atoms with Crippen LogP contribution in [0.3, 0.4) is 0 Å². The van der Waals surface area contributed by atoms with Crippen molar-refractivity contribution in [2.24, 2.45) is 7.05 Å². The maximum atomic E-state index is 13.6. The molecule has 1 fully saturated rings. The SMILES string of the molecule is Cn1cc(Nc2ncc3cnn(Cc4cccc(N5CCOC(F)C5)c4)c3n2)cn1. The van der Waals surface area contributed by atoms with E-state index < -0.39 is 6.36 Å². The molecule has 1 aliphatic rings. The molecule has 3 aromatic heterocycles. The van der Waals surface area contributed by atoms with Crippen LogP contribution >= 0.6 is 0 Å². The first-order chi connectivity index (χ1) is 14.6. The van der Waals surface area contributed by atoms with Crippen molar-refractivity contribution in [2.45, 2.75) is 12.9 Å². The van der Waals surface area contributed by atoms with Gasteiger partial charge in [-0.25, -0.2) is 14.1 Å². The molecule has 1 saturated heterocycles. The van der Waals surface area contributed by atoms with E-state index in [1.807, 2.05) is 41.0 Å². The number of rotatable bonds is 5. The standard InChI is InChI=1S/C20H21FN8O/c1-27-12-16(10-23-27)25-20-22-8-15-9-24-29(19(15)26-20)11-14-3-2-4-17(7-14)28-5-6-30-18(21)13-28/h2-4,7-10,12,18H,5-6,11,13H2,1H3,(H,22,25,26). The highest BCUT2D eigenvalue weighted by molar-refractivity contribution is 5.75. The monoisotopic (exact) mass is 408 g/mol. The number of benzene rings is 1. The van der Waals surface area contributed by atoms with Gasteiger partial charge in [0.15, 0.2) is 5.65 Å². The molecule has 0 spiro atoms. The van der Waals surface area contributed by atoms with Gasteiger partial charge in [0.05, 0.1) is 43.2 Å². The summed E-state index contributed by atoms with van der Waals surface area (Å²) in [6.07, 6.45) is 5.81. The van der Waals surface area contributed by atoms with Gasteiger partial charge < -0.3 is 15.0 Å². The summed E-state index contributed by atoms with van der Waals surface area (Å²) in [6.45, 7) is 1.85. The number of fused-ring (bicyclic) bond motifs is 1. The largest absolute Gasteiger partial charge is 0.364 e. The maximum Gasteiger partial charge on any atom is 0.229 e. The molecule has 1 N–H and O–H groups in total. The lowest BCUT2D eigenvalue weighted by atomic mass is 10.1. The van der Waals surface area contributed by atoms with E-state index in [9.17, 15) is 4.39 Å². The van der Waals surface area contributed by atoms with Crippen molar-refractivity contribution in [2.75, 3.05) is 29.9 Å². The van der Waals surface area contributed by atoms with Gasteiger partial charge in [-0.1, -0.05) is 12.1 Å². The van der Waals surface area contributed by atoms with Crippen molar-refractivity contribution < 1.29 is 9.13 Å². The number of nitrogens with zero attached hydrogens (tertiary/aromatic N) is 7. The molecular formula is C20H21FN8O. The van der Waals surface area contributed by atoms with E-state index in [2.05, 4.69) is 31.5 Å². The van der Waals surface area contributed by atoms with Gasteiger partial charge >= 0.3 is 0 Å².